The van der Waals surface area contributed by atoms with Crippen LogP contribution < -0.4 is 4.74 Å². The molecule has 2 aromatic rings. The van der Waals surface area contributed by atoms with Crippen molar-refractivity contribution in [3.63, 3.8) is 0 Å². The lowest BCUT2D eigenvalue weighted by molar-refractivity contribution is 0.103. The minimum absolute atomic E-state index is 0.0520. The number of benzene rings is 2. The molecule has 0 bridgehead atoms. The Bertz CT molecular complexity index is 574. The van der Waals surface area contributed by atoms with E-state index in [9.17, 15) is 9.18 Å². The van der Waals surface area contributed by atoms with Gasteiger partial charge < -0.3 is 4.74 Å². The molecule has 0 amide bonds. The van der Waals surface area contributed by atoms with Gasteiger partial charge in [-0.05, 0) is 50.2 Å². The average molecular weight is 258 g/mol. The first-order chi connectivity index (χ1) is 9.06. The molecule has 19 heavy (non-hydrogen) atoms. The quantitative estimate of drug-likeness (QED) is 0.779. The van der Waals surface area contributed by atoms with E-state index in [0.29, 0.717) is 16.9 Å². The van der Waals surface area contributed by atoms with Crippen molar-refractivity contribution in [1.29, 1.82) is 0 Å². The minimum atomic E-state index is -0.353. The van der Waals surface area contributed by atoms with Crippen molar-refractivity contribution in [3.8, 4) is 5.75 Å². The molecule has 0 N–H and O–H groups in total. The Labute approximate surface area is 111 Å². The Kier molecular flexibility index (Phi) is 3.95. The molecule has 98 valence electrons. The summed E-state index contributed by atoms with van der Waals surface area (Å²) >= 11 is 0. The Balaban J connectivity index is 2.26. The summed E-state index contributed by atoms with van der Waals surface area (Å²) in [7, 11) is 0. The van der Waals surface area contributed by atoms with E-state index in [1.165, 1.54) is 24.3 Å². The van der Waals surface area contributed by atoms with Crippen LogP contribution in [0.5, 0.6) is 5.75 Å². The predicted molar refractivity (Wildman–Crippen MR) is 72.0 cm³/mol. The molecule has 0 aliphatic carbocycles. The number of halogens is 1. The number of carbonyl (C=O) groups is 1. The molecule has 2 aromatic carbocycles. The van der Waals surface area contributed by atoms with Gasteiger partial charge in [-0.1, -0.05) is 12.1 Å². The lowest BCUT2D eigenvalue weighted by Crippen LogP contribution is -2.07. The first-order valence-corrected chi connectivity index (χ1v) is 6.13. The monoisotopic (exact) mass is 258 g/mol. The van der Waals surface area contributed by atoms with E-state index < -0.39 is 0 Å². The maximum Gasteiger partial charge on any atom is 0.193 e. The number of carbonyl (C=O) groups excluding carboxylic acids is 1. The van der Waals surface area contributed by atoms with Gasteiger partial charge in [0.05, 0.1) is 6.10 Å². The fraction of sp³-hybridized carbons (Fsp3) is 0.188. The Hall–Kier alpha value is -2.16. The van der Waals surface area contributed by atoms with Gasteiger partial charge in [0, 0.05) is 11.1 Å². The van der Waals surface area contributed by atoms with Gasteiger partial charge in [0.25, 0.3) is 0 Å². The fourth-order valence-corrected chi connectivity index (χ4v) is 1.75. The van der Waals surface area contributed by atoms with E-state index in [4.69, 9.17) is 4.74 Å². The zero-order valence-electron chi connectivity index (χ0n) is 10.9. The van der Waals surface area contributed by atoms with E-state index in [1.807, 2.05) is 13.8 Å². The van der Waals surface area contributed by atoms with Crippen molar-refractivity contribution >= 4 is 5.78 Å². The van der Waals surface area contributed by atoms with Crippen molar-refractivity contribution in [3.05, 3.63) is 65.5 Å². The molecule has 0 aliphatic rings. The highest BCUT2D eigenvalue weighted by atomic mass is 19.1. The topological polar surface area (TPSA) is 26.3 Å². The molecule has 0 aromatic heterocycles. The first-order valence-electron chi connectivity index (χ1n) is 6.13. The molecule has 0 saturated heterocycles. The van der Waals surface area contributed by atoms with Crippen LogP contribution in [-0.2, 0) is 0 Å². The minimum Gasteiger partial charge on any atom is -0.491 e. The molecule has 0 radical (unpaired) electrons. The Morgan fingerprint density at radius 3 is 2.37 bits per heavy atom. The highest BCUT2D eigenvalue weighted by Gasteiger charge is 2.10. The van der Waals surface area contributed by atoms with E-state index >= 15 is 0 Å². The van der Waals surface area contributed by atoms with Crippen molar-refractivity contribution in [2.45, 2.75) is 20.0 Å². The molecular formula is C16H15FO2. The van der Waals surface area contributed by atoms with Crippen molar-refractivity contribution in [1.82, 2.24) is 0 Å². The highest BCUT2D eigenvalue weighted by Crippen LogP contribution is 2.18. The van der Waals surface area contributed by atoms with Crippen molar-refractivity contribution in [2.24, 2.45) is 0 Å². The third-order valence-electron chi connectivity index (χ3n) is 2.57. The molecule has 0 unspecified atom stereocenters. The van der Waals surface area contributed by atoms with Gasteiger partial charge in [-0.15, -0.1) is 0 Å². The average Bonchev–Trinajstić information content (AvgIpc) is 2.38. The highest BCUT2D eigenvalue weighted by molar-refractivity contribution is 6.09. The van der Waals surface area contributed by atoms with Gasteiger partial charge in [0.2, 0.25) is 0 Å². The van der Waals surface area contributed by atoms with Gasteiger partial charge in [-0.2, -0.15) is 0 Å². The van der Waals surface area contributed by atoms with Crippen molar-refractivity contribution in [2.75, 3.05) is 0 Å². The fourth-order valence-electron chi connectivity index (χ4n) is 1.75. The largest absolute Gasteiger partial charge is 0.491 e. The number of ketones is 1. The molecule has 0 spiro atoms. The molecule has 0 saturated carbocycles. The maximum atomic E-state index is 12.8. The Morgan fingerprint density at radius 1 is 1.05 bits per heavy atom. The standard InChI is InChI=1S/C16H15FO2/c1-11(2)19-15-5-3-4-13(10-15)16(18)12-6-8-14(17)9-7-12/h3-11H,1-2H3. The van der Waals surface area contributed by atoms with E-state index in [-0.39, 0.29) is 17.7 Å². The van der Waals surface area contributed by atoms with E-state index in [2.05, 4.69) is 0 Å². The van der Waals surface area contributed by atoms with Crippen LogP contribution in [0, 0.1) is 5.82 Å². The van der Waals surface area contributed by atoms with Gasteiger partial charge in [0.15, 0.2) is 5.78 Å². The Morgan fingerprint density at radius 2 is 1.74 bits per heavy atom. The summed E-state index contributed by atoms with van der Waals surface area (Å²) in [5.74, 6) is 0.158. The zero-order chi connectivity index (χ0) is 13.8. The molecule has 2 nitrogen and oxygen atoms in total. The second-order valence-electron chi connectivity index (χ2n) is 4.53. The summed E-state index contributed by atoms with van der Waals surface area (Å²) in [6.07, 6.45) is 0.0520. The first kappa shape index (κ1) is 13.3. The van der Waals surface area contributed by atoms with Crippen LogP contribution in [-0.4, -0.2) is 11.9 Å². The number of ether oxygens (including phenoxy) is 1. The molecule has 0 atom stereocenters. The van der Waals surface area contributed by atoms with Crippen LogP contribution in [0.2, 0.25) is 0 Å². The maximum absolute atomic E-state index is 12.8. The summed E-state index contributed by atoms with van der Waals surface area (Å²) < 4.78 is 18.4. The van der Waals surface area contributed by atoms with Crippen molar-refractivity contribution < 1.29 is 13.9 Å². The molecule has 2 rings (SSSR count). The zero-order valence-corrected chi connectivity index (χ0v) is 10.9. The van der Waals surface area contributed by atoms with Gasteiger partial charge in [-0.3, -0.25) is 4.79 Å². The molecule has 3 heteroatoms. The molecule has 0 fully saturated rings. The van der Waals surface area contributed by atoms with Crippen LogP contribution in [0.3, 0.4) is 0 Å². The summed E-state index contributed by atoms with van der Waals surface area (Å²) in [6, 6.07) is 12.5. The second kappa shape index (κ2) is 5.65. The third kappa shape index (κ3) is 3.41. The van der Waals surface area contributed by atoms with E-state index in [1.54, 1.807) is 24.3 Å². The summed E-state index contributed by atoms with van der Waals surface area (Å²) in [5.41, 5.74) is 0.993. The van der Waals surface area contributed by atoms with Gasteiger partial charge in [-0.25, -0.2) is 4.39 Å². The number of hydrogen-bond acceptors (Lipinski definition) is 2. The summed E-state index contributed by atoms with van der Waals surface area (Å²) in [4.78, 5) is 12.2. The molecular weight excluding hydrogens is 243 g/mol. The smallest absolute Gasteiger partial charge is 0.193 e. The molecule has 0 aliphatic heterocycles. The summed E-state index contributed by atoms with van der Waals surface area (Å²) in [5, 5.41) is 0. The lowest BCUT2D eigenvalue weighted by atomic mass is 10.0. The SMILES string of the molecule is CC(C)Oc1cccc(C(=O)c2ccc(F)cc2)c1. The van der Waals surface area contributed by atoms with Gasteiger partial charge >= 0.3 is 0 Å². The third-order valence-corrected chi connectivity index (χ3v) is 2.57. The van der Waals surface area contributed by atoms with E-state index in [0.717, 1.165) is 0 Å². The van der Waals surface area contributed by atoms with Crippen LogP contribution in [0.1, 0.15) is 29.8 Å². The number of hydrogen-bond donors (Lipinski definition) is 0. The summed E-state index contributed by atoms with van der Waals surface area (Å²) in [6.45, 7) is 3.85. The predicted octanol–water partition coefficient (Wildman–Crippen LogP) is 3.84. The van der Waals surface area contributed by atoms with Crippen LogP contribution >= 0.6 is 0 Å². The lowest BCUT2D eigenvalue weighted by Gasteiger charge is -2.10. The number of rotatable bonds is 4. The van der Waals surface area contributed by atoms with Gasteiger partial charge in [0.1, 0.15) is 11.6 Å². The van der Waals surface area contributed by atoms with Crippen LogP contribution in [0.4, 0.5) is 4.39 Å². The normalized spacial score (nSPS) is 10.5. The molecule has 0 heterocycles. The van der Waals surface area contributed by atoms with Crippen LogP contribution in [0.15, 0.2) is 48.5 Å². The second-order valence-corrected chi connectivity index (χ2v) is 4.53. The van der Waals surface area contributed by atoms with Crippen LogP contribution in [0.25, 0.3) is 0 Å².